The van der Waals surface area contributed by atoms with E-state index in [0.717, 1.165) is 0 Å². The van der Waals surface area contributed by atoms with Crippen LogP contribution >= 0.6 is 0 Å². The van der Waals surface area contributed by atoms with Gasteiger partial charge in [-0.1, -0.05) is 43.7 Å². The van der Waals surface area contributed by atoms with Crippen molar-refractivity contribution in [2.24, 2.45) is 0 Å². The maximum absolute atomic E-state index is 11.7. The highest BCUT2D eigenvalue weighted by molar-refractivity contribution is 5.86. The molecule has 1 aromatic carbocycles. The van der Waals surface area contributed by atoms with Gasteiger partial charge in [-0.05, 0) is 12.0 Å². The number of carbonyl (C=O) groups is 2. The van der Waals surface area contributed by atoms with Gasteiger partial charge >= 0.3 is 5.97 Å². The first-order chi connectivity index (χ1) is 8.56. The lowest BCUT2D eigenvalue weighted by Gasteiger charge is -2.16. The Morgan fingerprint density at radius 3 is 2.39 bits per heavy atom. The number of carbonyl (C=O) groups excluding carboxylic acids is 1. The minimum atomic E-state index is -1.34. The minimum Gasteiger partial charge on any atom is -0.480 e. The molecule has 0 aliphatic carbocycles. The average Bonchev–Trinajstić information content (AvgIpc) is 2.38. The van der Waals surface area contributed by atoms with Gasteiger partial charge in [-0.2, -0.15) is 0 Å². The lowest BCUT2D eigenvalue weighted by molar-refractivity contribution is -0.143. The predicted octanol–water partition coefficient (Wildman–Crippen LogP) is 1.09. The van der Waals surface area contributed by atoms with Gasteiger partial charge in [-0.15, -0.1) is 0 Å². The van der Waals surface area contributed by atoms with E-state index in [9.17, 15) is 14.7 Å². The van der Waals surface area contributed by atoms with Crippen molar-refractivity contribution in [3.05, 3.63) is 35.9 Å². The van der Waals surface area contributed by atoms with Crippen LogP contribution in [0.25, 0.3) is 0 Å². The second-order valence-electron chi connectivity index (χ2n) is 4.00. The van der Waals surface area contributed by atoms with Crippen molar-refractivity contribution in [2.45, 2.75) is 31.9 Å². The molecule has 18 heavy (non-hydrogen) atoms. The highest BCUT2D eigenvalue weighted by Gasteiger charge is 2.23. The lowest BCUT2D eigenvalue weighted by atomic mass is 10.1. The molecule has 0 aliphatic heterocycles. The molecule has 0 saturated heterocycles. The second-order valence-corrected chi connectivity index (χ2v) is 4.00. The van der Waals surface area contributed by atoms with Gasteiger partial charge < -0.3 is 15.5 Å². The van der Waals surface area contributed by atoms with Gasteiger partial charge in [0.05, 0.1) is 0 Å². The van der Waals surface area contributed by atoms with Gasteiger partial charge in [-0.3, -0.25) is 4.79 Å². The molecule has 1 unspecified atom stereocenters. The van der Waals surface area contributed by atoms with E-state index < -0.39 is 24.0 Å². The fraction of sp³-hybridized carbons (Fsp3) is 0.385. The van der Waals surface area contributed by atoms with Crippen LogP contribution in [0.2, 0.25) is 0 Å². The summed E-state index contributed by atoms with van der Waals surface area (Å²) in [7, 11) is 0. The molecule has 0 saturated carbocycles. The normalized spacial score (nSPS) is 13.7. The Hall–Kier alpha value is -1.88. The summed E-state index contributed by atoms with van der Waals surface area (Å²) in [6.07, 6.45) is -0.369. The monoisotopic (exact) mass is 251 g/mol. The Labute approximate surface area is 105 Å². The first-order valence-corrected chi connectivity index (χ1v) is 5.82. The topological polar surface area (TPSA) is 86.6 Å². The number of hydrogen-bond donors (Lipinski definition) is 3. The lowest BCUT2D eigenvalue weighted by Crippen LogP contribution is -2.42. The maximum atomic E-state index is 11.7. The summed E-state index contributed by atoms with van der Waals surface area (Å²) < 4.78 is 0. The summed E-state index contributed by atoms with van der Waals surface area (Å²) in [4.78, 5) is 22.6. The molecule has 0 heterocycles. The summed E-state index contributed by atoms with van der Waals surface area (Å²) in [5.41, 5.74) is 0.440. The molecule has 0 spiro atoms. The Bertz CT molecular complexity index is 405. The predicted molar refractivity (Wildman–Crippen MR) is 65.9 cm³/mol. The minimum absolute atomic E-state index is 0.336. The zero-order chi connectivity index (χ0) is 13.5. The highest BCUT2D eigenvalue weighted by Crippen LogP contribution is 2.12. The summed E-state index contributed by atoms with van der Waals surface area (Å²) in [5.74, 6) is -1.78. The quantitative estimate of drug-likeness (QED) is 0.706. The largest absolute Gasteiger partial charge is 0.480 e. The Balaban J connectivity index is 2.67. The molecule has 0 aliphatic rings. The van der Waals surface area contributed by atoms with E-state index >= 15 is 0 Å². The van der Waals surface area contributed by atoms with Crippen LogP contribution in [0.1, 0.15) is 31.4 Å². The highest BCUT2D eigenvalue weighted by atomic mass is 16.4. The molecule has 0 bridgehead atoms. The first kappa shape index (κ1) is 14.2. The number of benzene rings is 1. The van der Waals surface area contributed by atoms with Crippen molar-refractivity contribution in [3.63, 3.8) is 0 Å². The van der Waals surface area contributed by atoms with Crippen LogP contribution in [-0.4, -0.2) is 28.1 Å². The van der Waals surface area contributed by atoms with Crippen LogP contribution in [0.3, 0.4) is 0 Å². The fourth-order valence-electron chi connectivity index (χ4n) is 1.58. The van der Waals surface area contributed by atoms with Crippen LogP contribution in [0, 0.1) is 0 Å². The Morgan fingerprint density at radius 2 is 1.89 bits per heavy atom. The second kappa shape index (κ2) is 6.76. The van der Waals surface area contributed by atoms with Gasteiger partial charge in [0.15, 0.2) is 6.10 Å². The van der Waals surface area contributed by atoms with E-state index in [4.69, 9.17) is 5.11 Å². The number of nitrogens with one attached hydrogen (secondary N) is 1. The van der Waals surface area contributed by atoms with Crippen molar-refractivity contribution in [2.75, 3.05) is 0 Å². The SMILES string of the molecule is CCCC(NC(=O)[C@H](O)c1ccccc1)C(=O)O. The maximum Gasteiger partial charge on any atom is 0.326 e. The smallest absolute Gasteiger partial charge is 0.326 e. The van der Waals surface area contributed by atoms with Crippen LogP contribution < -0.4 is 5.32 Å². The number of aliphatic carboxylic acids is 1. The number of aliphatic hydroxyl groups excluding tert-OH is 1. The van der Waals surface area contributed by atoms with Gasteiger partial charge in [0.2, 0.25) is 0 Å². The molecule has 5 heteroatoms. The van der Waals surface area contributed by atoms with Gasteiger partial charge in [-0.25, -0.2) is 4.79 Å². The molecule has 98 valence electrons. The van der Waals surface area contributed by atoms with Crippen LogP contribution in [-0.2, 0) is 9.59 Å². The third kappa shape index (κ3) is 3.85. The summed E-state index contributed by atoms with van der Waals surface area (Å²) >= 11 is 0. The molecule has 1 aromatic rings. The van der Waals surface area contributed by atoms with Crippen LogP contribution in [0.15, 0.2) is 30.3 Å². The van der Waals surface area contributed by atoms with Crippen molar-refractivity contribution in [3.8, 4) is 0 Å². The molecule has 2 atom stereocenters. The fourth-order valence-corrected chi connectivity index (χ4v) is 1.58. The third-order valence-corrected chi connectivity index (χ3v) is 2.56. The van der Waals surface area contributed by atoms with Gasteiger partial charge in [0.25, 0.3) is 5.91 Å². The first-order valence-electron chi connectivity index (χ1n) is 5.82. The molecular weight excluding hydrogens is 234 g/mol. The van der Waals surface area contributed by atoms with E-state index in [2.05, 4.69) is 5.32 Å². The molecule has 0 aromatic heterocycles. The van der Waals surface area contributed by atoms with E-state index in [0.29, 0.717) is 18.4 Å². The van der Waals surface area contributed by atoms with Gasteiger partial charge in [0, 0.05) is 0 Å². The Kier molecular flexibility index (Phi) is 5.32. The molecule has 0 radical (unpaired) electrons. The number of carboxylic acids is 1. The molecule has 3 N–H and O–H groups in total. The molecule has 1 rings (SSSR count). The number of hydrogen-bond acceptors (Lipinski definition) is 3. The number of amides is 1. The van der Waals surface area contributed by atoms with E-state index in [-0.39, 0.29) is 0 Å². The van der Waals surface area contributed by atoms with E-state index in [1.807, 2.05) is 6.92 Å². The van der Waals surface area contributed by atoms with Crippen molar-refractivity contribution in [1.29, 1.82) is 0 Å². The molecular formula is C13H17NO4. The van der Waals surface area contributed by atoms with E-state index in [1.165, 1.54) is 0 Å². The summed E-state index contributed by atoms with van der Waals surface area (Å²) in [5, 5.41) is 21.0. The van der Waals surface area contributed by atoms with Crippen LogP contribution in [0.5, 0.6) is 0 Å². The zero-order valence-corrected chi connectivity index (χ0v) is 10.2. The molecule has 1 amide bonds. The van der Waals surface area contributed by atoms with Gasteiger partial charge in [0.1, 0.15) is 6.04 Å². The number of aliphatic hydroxyl groups is 1. The van der Waals surface area contributed by atoms with Crippen molar-refractivity contribution < 1.29 is 19.8 Å². The molecule has 5 nitrogen and oxygen atoms in total. The number of carboxylic acid groups (broad SMARTS) is 1. The summed E-state index contributed by atoms with van der Waals surface area (Å²) in [6.45, 7) is 1.83. The Morgan fingerprint density at radius 1 is 1.28 bits per heavy atom. The van der Waals surface area contributed by atoms with Crippen molar-refractivity contribution >= 4 is 11.9 Å². The average molecular weight is 251 g/mol. The zero-order valence-electron chi connectivity index (χ0n) is 10.2. The van der Waals surface area contributed by atoms with Crippen molar-refractivity contribution in [1.82, 2.24) is 5.32 Å². The van der Waals surface area contributed by atoms with E-state index in [1.54, 1.807) is 30.3 Å². The molecule has 0 fully saturated rings. The van der Waals surface area contributed by atoms with Crippen LogP contribution in [0.4, 0.5) is 0 Å². The number of rotatable bonds is 6. The third-order valence-electron chi connectivity index (χ3n) is 2.56. The summed E-state index contributed by atoms with van der Waals surface area (Å²) in [6, 6.07) is 7.44. The standard InChI is InChI=1S/C13H17NO4/c1-2-6-10(13(17)18)14-12(16)11(15)9-7-4-3-5-8-9/h3-5,7-8,10-11,15H,2,6H2,1H3,(H,14,16)(H,17,18)/t10?,11-/m1/s1.